The van der Waals surface area contributed by atoms with Gasteiger partial charge >= 0.3 is 0 Å². The lowest BCUT2D eigenvalue weighted by Crippen LogP contribution is -2.31. The van der Waals surface area contributed by atoms with Crippen molar-refractivity contribution in [2.75, 3.05) is 18.8 Å². The number of rotatable bonds is 7. The maximum Gasteiger partial charge on any atom is 0.0783 e. The Balaban J connectivity index is 2.00. The van der Waals surface area contributed by atoms with Gasteiger partial charge in [0.1, 0.15) is 0 Å². The molecule has 0 amide bonds. The zero-order chi connectivity index (χ0) is 14.4. The molecule has 0 radical (unpaired) electrons. The molecule has 0 spiro atoms. The number of aliphatic hydroxyl groups excluding tert-OH is 1. The Morgan fingerprint density at radius 3 is 2.70 bits per heavy atom. The van der Waals surface area contributed by atoms with Gasteiger partial charge in [-0.1, -0.05) is 37.3 Å². The summed E-state index contributed by atoms with van der Waals surface area (Å²) in [5, 5.41) is 15.2. The molecule has 3 nitrogen and oxygen atoms in total. The van der Waals surface area contributed by atoms with E-state index in [9.17, 15) is 9.32 Å². The molecule has 20 heavy (non-hydrogen) atoms. The fraction of sp³-hybridized carbons (Fsp3) is 0.375. The van der Waals surface area contributed by atoms with Crippen molar-refractivity contribution >= 4 is 21.6 Å². The quantitative estimate of drug-likeness (QED) is 0.770. The molecular weight excluding hydrogens is 270 g/mol. The van der Waals surface area contributed by atoms with E-state index in [4.69, 9.17) is 0 Å². The van der Waals surface area contributed by atoms with Crippen LogP contribution in [0.25, 0.3) is 10.8 Å². The van der Waals surface area contributed by atoms with Gasteiger partial charge in [0, 0.05) is 11.4 Å². The molecule has 0 saturated heterocycles. The number of aliphatic hydroxyl groups is 1. The van der Waals surface area contributed by atoms with Crippen LogP contribution >= 0.6 is 0 Å². The van der Waals surface area contributed by atoms with E-state index >= 15 is 0 Å². The molecule has 0 saturated carbocycles. The molecule has 0 fully saturated rings. The van der Waals surface area contributed by atoms with Gasteiger partial charge in [0.15, 0.2) is 0 Å². The van der Waals surface area contributed by atoms with E-state index in [1.54, 1.807) is 0 Å². The van der Waals surface area contributed by atoms with E-state index in [0.29, 0.717) is 6.54 Å². The lowest BCUT2D eigenvalue weighted by Gasteiger charge is -2.11. The minimum absolute atomic E-state index is 0.273. The number of hydrogen-bond donors (Lipinski definition) is 2. The van der Waals surface area contributed by atoms with E-state index in [1.807, 2.05) is 42.5 Å². The maximum atomic E-state index is 12.3. The number of fused-ring (bicyclic) bond motifs is 1. The first kappa shape index (κ1) is 15.2. The van der Waals surface area contributed by atoms with E-state index in [2.05, 4.69) is 12.2 Å². The second-order valence-corrected chi connectivity index (χ2v) is 6.37. The normalized spacial score (nSPS) is 14.3. The van der Waals surface area contributed by atoms with Crippen molar-refractivity contribution < 1.29 is 9.32 Å². The molecule has 0 aromatic heterocycles. The van der Waals surface area contributed by atoms with Gasteiger partial charge in [-0.3, -0.25) is 4.21 Å². The van der Waals surface area contributed by atoms with Gasteiger partial charge in [-0.2, -0.15) is 0 Å². The summed E-state index contributed by atoms with van der Waals surface area (Å²) in [6, 6.07) is 13.8. The minimum atomic E-state index is -1.16. The molecule has 0 aliphatic heterocycles. The fourth-order valence-electron chi connectivity index (χ4n) is 2.08. The van der Waals surface area contributed by atoms with Crippen LogP contribution < -0.4 is 5.32 Å². The van der Waals surface area contributed by atoms with E-state index in [0.717, 1.165) is 28.6 Å². The average molecular weight is 291 g/mol. The van der Waals surface area contributed by atoms with Crippen molar-refractivity contribution in [3.05, 3.63) is 42.5 Å². The summed E-state index contributed by atoms with van der Waals surface area (Å²) >= 11 is 0. The Morgan fingerprint density at radius 1 is 1.20 bits per heavy atom. The van der Waals surface area contributed by atoms with Crippen LogP contribution in [-0.4, -0.2) is 34.3 Å². The van der Waals surface area contributed by atoms with Crippen LogP contribution in [0.15, 0.2) is 47.4 Å². The Morgan fingerprint density at radius 2 is 1.95 bits per heavy atom. The minimum Gasteiger partial charge on any atom is -0.391 e. The highest BCUT2D eigenvalue weighted by atomic mass is 32.2. The van der Waals surface area contributed by atoms with Crippen LogP contribution in [0.3, 0.4) is 0 Å². The molecule has 2 N–H and O–H groups in total. The van der Waals surface area contributed by atoms with Crippen molar-refractivity contribution in [2.24, 2.45) is 0 Å². The third-order valence-corrected chi connectivity index (χ3v) is 4.60. The summed E-state index contributed by atoms with van der Waals surface area (Å²) in [4.78, 5) is 0.776. The van der Waals surface area contributed by atoms with Gasteiger partial charge in [-0.15, -0.1) is 0 Å². The second kappa shape index (κ2) is 7.53. The SMILES string of the molecule is CCCNCC(O)CS(=O)c1ccc2ccccc2c1. The summed E-state index contributed by atoms with van der Waals surface area (Å²) in [7, 11) is -1.16. The molecule has 2 atom stereocenters. The second-order valence-electron chi connectivity index (χ2n) is 4.88. The molecule has 4 heteroatoms. The molecule has 2 aromatic carbocycles. The van der Waals surface area contributed by atoms with Crippen molar-refractivity contribution in [3.8, 4) is 0 Å². The first-order valence-electron chi connectivity index (χ1n) is 6.96. The predicted molar refractivity (Wildman–Crippen MR) is 84.4 cm³/mol. The monoisotopic (exact) mass is 291 g/mol. The Bertz CT molecular complexity index is 585. The van der Waals surface area contributed by atoms with Crippen molar-refractivity contribution in [1.29, 1.82) is 0 Å². The Kier molecular flexibility index (Phi) is 5.71. The lowest BCUT2D eigenvalue weighted by molar-refractivity contribution is 0.195. The molecule has 0 aliphatic carbocycles. The Labute approximate surface area is 122 Å². The smallest absolute Gasteiger partial charge is 0.0783 e. The van der Waals surface area contributed by atoms with Crippen molar-refractivity contribution in [3.63, 3.8) is 0 Å². The highest BCUT2D eigenvalue weighted by Gasteiger charge is 2.11. The highest BCUT2D eigenvalue weighted by Crippen LogP contribution is 2.18. The molecular formula is C16H21NO2S. The zero-order valence-electron chi connectivity index (χ0n) is 11.7. The van der Waals surface area contributed by atoms with Crippen molar-refractivity contribution in [1.82, 2.24) is 5.32 Å². The molecule has 2 unspecified atom stereocenters. The van der Waals surface area contributed by atoms with Gasteiger partial charge in [0.05, 0.1) is 22.7 Å². The lowest BCUT2D eigenvalue weighted by atomic mass is 10.1. The van der Waals surface area contributed by atoms with Gasteiger partial charge in [0.2, 0.25) is 0 Å². The number of hydrogen-bond acceptors (Lipinski definition) is 3. The number of benzene rings is 2. The topological polar surface area (TPSA) is 49.3 Å². The molecule has 0 bridgehead atoms. The van der Waals surface area contributed by atoms with Crippen LogP contribution in [0.2, 0.25) is 0 Å². The standard InChI is InChI=1S/C16H21NO2S/c1-2-9-17-11-15(18)12-20(19)16-8-7-13-5-3-4-6-14(13)10-16/h3-8,10,15,17-18H,2,9,11-12H2,1H3. The van der Waals surface area contributed by atoms with Crippen LogP contribution in [0.1, 0.15) is 13.3 Å². The zero-order valence-corrected chi connectivity index (χ0v) is 12.5. The molecule has 2 aromatic rings. The van der Waals surface area contributed by atoms with Gasteiger partial charge in [0.25, 0.3) is 0 Å². The maximum absolute atomic E-state index is 12.3. The summed E-state index contributed by atoms with van der Waals surface area (Å²) in [5.41, 5.74) is 0. The summed E-state index contributed by atoms with van der Waals surface area (Å²) in [6.07, 6.45) is 0.453. The first-order chi connectivity index (χ1) is 9.70. The number of nitrogens with one attached hydrogen (secondary N) is 1. The van der Waals surface area contributed by atoms with E-state index in [-0.39, 0.29) is 5.75 Å². The summed E-state index contributed by atoms with van der Waals surface area (Å²) in [6.45, 7) is 3.44. The molecule has 0 aliphatic rings. The Hall–Kier alpha value is -1.23. The fourth-order valence-corrected chi connectivity index (χ4v) is 3.22. The van der Waals surface area contributed by atoms with Crippen LogP contribution in [0.4, 0.5) is 0 Å². The average Bonchev–Trinajstić information content (AvgIpc) is 2.47. The van der Waals surface area contributed by atoms with Crippen LogP contribution in [-0.2, 0) is 10.8 Å². The third-order valence-electron chi connectivity index (χ3n) is 3.13. The van der Waals surface area contributed by atoms with Gasteiger partial charge in [-0.05, 0) is 35.9 Å². The van der Waals surface area contributed by atoms with Crippen LogP contribution in [0, 0.1) is 0 Å². The van der Waals surface area contributed by atoms with Crippen molar-refractivity contribution in [2.45, 2.75) is 24.3 Å². The summed E-state index contributed by atoms with van der Waals surface area (Å²) in [5.74, 6) is 0.273. The first-order valence-corrected chi connectivity index (χ1v) is 8.28. The van der Waals surface area contributed by atoms with Crippen LogP contribution in [0.5, 0.6) is 0 Å². The van der Waals surface area contributed by atoms with E-state index < -0.39 is 16.9 Å². The largest absolute Gasteiger partial charge is 0.391 e. The molecule has 0 heterocycles. The highest BCUT2D eigenvalue weighted by molar-refractivity contribution is 7.85. The van der Waals surface area contributed by atoms with Gasteiger partial charge < -0.3 is 10.4 Å². The van der Waals surface area contributed by atoms with Gasteiger partial charge in [-0.25, -0.2) is 0 Å². The molecule has 108 valence electrons. The predicted octanol–water partition coefficient (Wildman–Crippen LogP) is 2.31. The third kappa shape index (κ3) is 4.13. The van der Waals surface area contributed by atoms with E-state index in [1.165, 1.54) is 0 Å². The molecule has 2 rings (SSSR count). The summed E-state index contributed by atoms with van der Waals surface area (Å²) < 4.78 is 12.3.